The topological polar surface area (TPSA) is 98.5 Å². The third-order valence-corrected chi connectivity index (χ3v) is 4.45. The quantitative estimate of drug-likeness (QED) is 0.343. The van der Waals surface area contributed by atoms with E-state index in [1.54, 1.807) is 0 Å². The van der Waals surface area contributed by atoms with Gasteiger partial charge in [-0.1, -0.05) is 72.8 Å². The highest BCUT2D eigenvalue weighted by Crippen LogP contribution is 2.16. The molecule has 3 aromatic rings. The fourth-order valence-corrected chi connectivity index (χ4v) is 2.94. The molecule has 0 heterocycles. The first-order chi connectivity index (χ1) is 14.5. The number of non-ortho nitro benzene ring substituents is 1. The second-order valence-electron chi connectivity index (χ2n) is 6.62. The third-order valence-electron chi connectivity index (χ3n) is 4.45. The molecule has 1 amide bonds. The number of nitrogens with one attached hydrogen (secondary N) is 1. The lowest BCUT2D eigenvalue weighted by molar-refractivity contribution is -0.384. The van der Waals surface area contributed by atoms with Crippen LogP contribution in [0.3, 0.4) is 0 Å². The second kappa shape index (κ2) is 9.97. The van der Waals surface area contributed by atoms with E-state index in [1.807, 2.05) is 60.7 Å². The molecule has 0 spiro atoms. The van der Waals surface area contributed by atoms with Crippen molar-refractivity contribution in [1.29, 1.82) is 0 Å². The number of Topliss-reactive ketones (excluding diaryl/α,β-unsaturated/α-hetero) is 1. The van der Waals surface area contributed by atoms with Gasteiger partial charge in [0.15, 0.2) is 5.78 Å². The molecule has 0 aromatic heterocycles. The van der Waals surface area contributed by atoms with Crippen molar-refractivity contribution in [3.63, 3.8) is 0 Å². The summed E-state index contributed by atoms with van der Waals surface area (Å²) in [5.74, 6) is -0.431. The van der Waals surface area contributed by atoms with Crippen molar-refractivity contribution in [2.45, 2.75) is 19.1 Å². The number of benzene rings is 3. The second-order valence-corrected chi connectivity index (χ2v) is 6.62. The number of rotatable bonds is 8. The molecule has 0 unspecified atom stereocenters. The Labute approximate surface area is 173 Å². The van der Waals surface area contributed by atoms with E-state index in [0.29, 0.717) is 0 Å². The molecular weight excluding hydrogens is 384 g/mol. The van der Waals surface area contributed by atoms with E-state index in [-0.39, 0.29) is 24.3 Å². The van der Waals surface area contributed by atoms with Crippen LogP contribution in [0.2, 0.25) is 0 Å². The normalized spacial score (nSPS) is 11.3. The fourth-order valence-electron chi connectivity index (χ4n) is 2.94. The number of amides is 1. The number of hydrogen-bond donors (Lipinski definition) is 1. The van der Waals surface area contributed by atoms with Crippen molar-refractivity contribution >= 4 is 17.6 Å². The molecule has 30 heavy (non-hydrogen) atoms. The summed E-state index contributed by atoms with van der Waals surface area (Å²) >= 11 is 0. The van der Waals surface area contributed by atoms with Crippen LogP contribution >= 0.6 is 0 Å². The Bertz CT molecular complexity index is 1020. The van der Waals surface area contributed by atoms with E-state index in [1.165, 1.54) is 24.3 Å². The first kappa shape index (κ1) is 20.7. The Hall–Kier alpha value is -4.00. The van der Waals surface area contributed by atoms with Crippen LogP contribution in [0.5, 0.6) is 0 Å². The number of nitrogens with zero attached hydrogens (tertiary/aromatic N) is 1. The molecule has 3 rings (SSSR count). The van der Waals surface area contributed by atoms with Crippen LogP contribution in [0.15, 0.2) is 84.9 Å². The van der Waals surface area contributed by atoms with E-state index in [0.717, 1.165) is 11.1 Å². The minimum atomic E-state index is -0.933. The summed E-state index contributed by atoms with van der Waals surface area (Å²) in [6, 6.07) is 22.9. The average Bonchev–Trinajstić information content (AvgIpc) is 2.78. The SMILES string of the molecule is O=C(N[C@@H](Cc1ccccc1)C(=O)c1cccc([N+](=O)[O-])c1)OCc1ccccc1. The molecule has 0 saturated carbocycles. The maximum Gasteiger partial charge on any atom is 0.408 e. The number of nitro benzene ring substituents is 1. The predicted molar refractivity (Wildman–Crippen MR) is 111 cm³/mol. The molecular formula is C23H20N2O5. The Morgan fingerprint density at radius 2 is 1.53 bits per heavy atom. The van der Waals surface area contributed by atoms with Crippen LogP contribution in [0.4, 0.5) is 10.5 Å². The number of nitro groups is 1. The Morgan fingerprint density at radius 1 is 0.900 bits per heavy atom. The summed E-state index contributed by atoms with van der Waals surface area (Å²) in [5.41, 5.74) is 1.61. The first-order valence-corrected chi connectivity index (χ1v) is 9.33. The smallest absolute Gasteiger partial charge is 0.408 e. The van der Waals surface area contributed by atoms with Crippen LogP contribution in [-0.2, 0) is 17.8 Å². The molecule has 152 valence electrons. The Morgan fingerprint density at radius 3 is 2.17 bits per heavy atom. The van der Waals surface area contributed by atoms with Crippen LogP contribution < -0.4 is 5.32 Å². The fraction of sp³-hybridized carbons (Fsp3) is 0.130. The van der Waals surface area contributed by atoms with Crippen molar-refractivity contribution in [3.8, 4) is 0 Å². The van der Waals surface area contributed by atoms with Gasteiger partial charge in [-0.05, 0) is 11.1 Å². The molecule has 1 N–H and O–H groups in total. The van der Waals surface area contributed by atoms with E-state index < -0.39 is 22.8 Å². The molecule has 7 nitrogen and oxygen atoms in total. The standard InChI is InChI=1S/C23H20N2O5/c26-22(19-12-7-13-20(15-19)25(28)29)21(14-17-8-3-1-4-9-17)24-23(27)30-16-18-10-5-2-6-11-18/h1-13,15,21H,14,16H2,(H,24,27)/t21-/m0/s1. The van der Waals surface area contributed by atoms with E-state index >= 15 is 0 Å². The minimum Gasteiger partial charge on any atom is -0.445 e. The van der Waals surface area contributed by atoms with Crippen molar-refractivity contribution in [3.05, 3.63) is 112 Å². The minimum absolute atomic E-state index is 0.0652. The van der Waals surface area contributed by atoms with Crippen LogP contribution in [-0.4, -0.2) is 22.8 Å². The van der Waals surface area contributed by atoms with E-state index in [4.69, 9.17) is 4.74 Å². The van der Waals surface area contributed by atoms with Gasteiger partial charge in [0.1, 0.15) is 6.61 Å². The van der Waals surface area contributed by atoms with Crippen LogP contribution in [0.25, 0.3) is 0 Å². The number of ketones is 1. The Kier molecular flexibility index (Phi) is 6.89. The van der Waals surface area contributed by atoms with Gasteiger partial charge in [-0.15, -0.1) is 0 Å². The van der Waals surface area contributed by atoms with Crippen molar-refractivity contribution < 1.29 is 19.2 Å². The van der Waals surface area contributed by atoms with Gasteiger partial charge in [0.2, 0.25) is 0 Å². The van der Waals surface area contributed by atoms with Gasteiger partial charge >= 0.3 is 6.09 Å². The zero-order chi connectivity index (χ0) is 21.3. The number of carbonyl (C=O) groups excluding carboxylic acids is 2. The lowest BCUT2D eigenvalue weighted by atomic mass is 9.97. The zero-order valence-electron chi connectivity index (χ0n) is 16.1. The molecule has 7 heteroatoms. The van der Waals surface area contributed by atoms with Crippen molar-refractivity contribution in [1.82, 2.24) is 5.32 Å². The number of hydrogen-bond acceptors (Lipinski definition) is 5. The third kappa shape index (κ3) is 5.75. The van der Waals surface area contributed by atoms with Gasteiger partial charge < -0.3 is 10.1 Å². The van der Waals surface area contributed by atoms with Crippen LogP contribution in [0, 0.1) is 10.1 Å². The van der Waals surface area contributed by atoms with Crippen molar-refractivity contribution in [2.24, 2.45) is 0 Å². The molecule has 0 aliphatic heterocycles. The number of alkyl carbamates (subject to hydrolysis) is 1. The largest absolute Gasteiger partial charge is 0.445 e. The van der Waals surface area contributed by atoms with Gasteiger partial charge in [-0.2, -0.15) is 0 Å². The zero-order valence-corrected chi connectivity index (χ0v) is 16.1. The van der Waals surface area contributed by atoms with Crippen LogP contribution in [0.1, 0.15) is 21.5 Å². The summed E-state index contributed by atoms with van der Waals surface area (Å²) < 4.78 is 5.23. The summed E-state index contributed by atoms with van der Waals surface area (Å²) in [7, 11) is 0. The van der Waals surface area contributed by atoms with Gasteiger partial charge in [0, 0.05) is 24.1 Å². The molecule has 0 aliphatic rings. The molecule has 0 fully saturated rings. The lowest BCUT2D eigenvalue weighted by Gasteiger charge is -2.18. The van der Waals surface area contributed by atoms with Gasteiger partial charge in [-0.3, -0.25) is 14.9 Å². The average molecular weight is 404 g/mol. The molecule has 0 saturated heterocycles. The lowest BCUT2D eigenvalue weighted by Crippen LogP contribution is -2.42. The van der Waals surface area contributed by atoms with E-state index in [9.17, 15) is 19.7 Å². The monoisotopic (exact) mass is 404 g/mol. The highest BCUT2D eigenvalue weighted by Gasteiger charge is 2.24. The van der Waals surface area contributed by atoms with E-state index in [2.05, 4.69) is 5.32 Å². The summed E-state index contributed by atoms with van der Waals surface area (Å²) in [5, 5.41) is 13.6. The molecule has 0 radical (unpaired) electrons. The molecule has 0 bridgehead atoms. The highest BCUT2D eigenvalue weighted by atomic mass is 16.6. The summed E-state index contributed by atoms with van der Waals surface area (Å²) in [6.45, 7) is 0.0652. The van der Waals surface area contributed by atoms with Gasteiger partial charge in [0.05, 0.1) is 11.0 Å². The molecule has 0 aliphatic carbocycles. The highest BCUT2D eigenvalue weighted by molar-refractivity contribution is 6.02. The Balaban J connectivity index is 1.75. The number of carbonyl (C=O) groups is 2. The van der Waals surface area contributed by atoms with Crippen molar-refractivity contribution in [2.75, 3.05) is 0 Å². The molecule has 3 aromatic carbocycles. The maximum absolute atomic E-state index is 13.0. The molecule has 1 atom stereocenters. The summed E-state index contributed by atoms with van der Waals surface area (Å²) in [4.78, 5) is 35.8. The van der Waals surface area contributed by atoms with Gasteiger partial charge in [0.25, 0.3) is 5.69 Å². The first-order valence-electron chi connectivity index (χ1n) is 9.33. The van der Waals surface area contributed by atoms with Gasteiger partial charge in [-0.25, -0.2) is 4.79 Å². The summed E-state index contributed by atoms with van der Waals surface area (Å²) in [6.07, 6.45) is -0.512. The maximum atomic E-state index is 13.0. The predicted octanol–water partition coefficient (Wildman–Crippen LogP) is 4.32. The number of ether oxygens (including phenoxy) is 1.